The summed E-state index contributed by atoms with van der Waals surface area (Å²) in [5.41, 5.74) is 0. The quantitative estimate of drug-likeness (QED) is 0.589. The highest BCUT2D eigenvalue weighted by atomic mass is 79.9. The molecule has 0 aromatic carbocycles. The second-order valence-corrected chi connectivity index (χ2v) is 5.61. The van der Waals surface area contributed by atoms with Gasteiger partial charge in [-0.05, 0) is 18.3 Å². The Morgan fingerprint density at radius 3 is 2.00 bits per heavy atom. The molecule has 0 saturated heterocycles. The van der Waals surface area contributed by atoms with Crippen molar-refractivity contribution in [1.29, 1.82) is 0 Å². The Morgan fingerprint density at radius 1 is 1.08 bits per heavy atom. The Morgan fingerprint density at radius 2 is 1.67 bits per heavy atom. The number of rotatable bonds is 6. The fraction of sp³-hybridized carbons (Fsp3) is 1.00. The van der Waals surface area contributed by atoms with Gasteiger partial charge >= 0.3 is 0 Å². The average Bonchev–Trinajstić information content (AvgIpc) is 1.96. The Kier molecular flexibility index (Phi) is 7.22. The molecule has 0 N–H and O–H groups in total. The van der Waals surface area contributed by atoms with Crippen LogP contribution in [0.25, 0.3) is 0 Å². The molecule has 0 radical (unpaired) electrons. The van der Waals surface area contributed by atoms with Gasteiger partial charge in [-0.2, -0.15) is 0 Å². The maximum Gasteiger partial charge on any atom is 0.0145 e. The maximum absolute atomic E-state index is 3.67. The van der Waals surface area contributed by atoms with E-state index in [2.05, 4.69) is 43.6 Å². The molecule has 2 unspecified atom stereocenters. The van der Waals surface area contributed by atoms with Gasteiger partial charge in [-0.1, -0.05) is 62.9 Å². The highest BCUT2D eigenvalue weighted by Crippen LogP contribution is 2.23. The molecule has 1 heteroatoms. The number of hydrogen-bond donors (Lipinski definition) is 0. The standard InChI is InChI=1S/C11H23Br/c1-5-11(10(4)12)8-6-7-9(2)3/h9-11H,5-8H2,1-4H3. The van der Waals surface area contributed by atoms with E-state index < -0.39 is 0 Å². The van der Waals surface area contributed by atoms with Gasteiger partial charge in [0.1, 0.15) is 0 Å². The number of hydrogen-bond acceptors (Lipinski definition) is 0. The first-order chi connectivity index (χ1) is 5.57. The van der Waals surface area contributed by atoms with Crippen LogP contribution in [0.1, 0.15) is 53.4 Å². The van der Waals surface area contributed by atoms with E-state index in [9.17, 15) is 0 Å². The van der Waals surface area contributed by atoms with E-state index >= 15 is 0 Å². The first kappa shape index (κ1) is 12.5. The van der Waals surface area contributed by atoms with Crippen molar-refractivity contribution in [3.8, 4) is 0 Å². The Labute approximate surface area is 86.3 Å². The van der Waals surface area contributed by atoms with E-state index in [1.165, 1.54) is 25.7 Å². The van der Waals surface area contributed by atoms with Crippen molar-refractivity contribution in [2.24, 2.45) is 11.8 Å². The van der Waals surface area contributed by atoms with Crippen LogP contribution >= 0.6 is 15.9 Å². The lowest BCUT2D eigenvalue weighted by Crippen LogP contribution is -2.09. The molecule has 0 aromatic heterocycles. The second-order valence-electron chi connectivity index (χ2n) is 4.17. The molecule has 0 aromatic rings. The zero-order valence-corrected chi connectivity index (χ0v) is 10.5. The van der Waals surface area contributed by atoms with Crippen LogP contribution < -0.4 is 0 Å². The summed E-state index contributed by atoms with van der Waals surface area (Å²) in [5.74, 6) is 1.75. The molecule has 74 valence electrons. The van der Waals surface area contributed by atoms with Crippen LogP contribution in [0.5, 0.6) is 0 Å². The van der Waals surface area contributed by atoms with Crippen molar-refractivity contribution >= 4 is 15.9 Å². The zero-order valence-electron chi connectivity index (χ0n) is 8.94. The van der Waals surface area contributed by atoms with Crippen LogP contribution in [0.4, 0.5) is 0 Å². The molecule has 0 aliphatic carbocycles. The van der Waals surface area contributed by atoms with Gasteiger partial charge in [0, 0.05) is 4.83 Å². The summed E-state index contributed by atoms with van der Waals surface area (Å²) in [6.45, 7) is 9.17. The van der Waals surface area contributed by atoms with Gasteiger partial charge in [-0.3, -0.25) is 0 Å². The molecule has 2 atom stereocenters. The van der Waals surface area contributed by atoms with Gasteiger partial charge in [0.05, 0.1) is 0 Å². The molecule has 0 aliphatic heterocycles. The van der Waals surface area contributed by atoms with Gasteiger partial charge in [-0.15, -0.1) is 0 Å². The Balaban J connectivity index is 3.45. The fourth-order valence-corrected chi connectivity index (χ4v) is 2.19. The van der Waals surface area contributed by atoms with Crippen LogP contribution in [-0.2, 0) is 0 Å². The van der Waals surface area contributed by atoms with Crippen molar-refractivity contribution < 1.29 is 0 Å². The molecule has 0 nitrogen and oxygen atoms in total. The summed E-state index contributed by atoms with van der Waals surface area (Å²) in [6.07, 6.45) is 5.48. The van der Waals surface area contributed by atoms with E-state index in [1.807, 2.05) is 0 Å². The molecule has 0 rings (SSSR count). The third kappa shape index (κ3) is 6.05. The normalized spacial score (nSPS) is 16.5. The molecule has 0 bridgehead atoms. The molecule has 0 saturated carbocycles. The van der Waals surface area contributed by atoms with Crippen LogP contribution in [-0.4, -0.2) is 4.83 Å². The average molecular weight is 235 g/mol. The van der Waals surface area contributed by atoms with Crippen molar-refractivity contribution in [3.63, 3.8) is 0 Å². The lowest BCUT2D eigenvalue weighted by atomic mass is 9.94. The predicted octanol–water partition coefficient (Wildman–Crippen LogP) is 4.62. The summed E-state index contributed by atoms with van der Waals surface area (Å²) >= 11 is 3.67. The molecule has 12 heavy (non-hydrogen) atoms. The molecule has 0 heterocycles. The van der Waals surface area contributed by atoms with Crippen molar-refractivity contribution in [2.45, 2.75) is 58.2 Å². The molecular weight excluding hydrogens is 212 g/mol. The largest absolute Gasteiger partial charge is 0.0891 e. The minimum Gasteiger partial charge on any atom is -0.0891 e. The third-order valence-electron chi connectivity index (χ3n) is 2.53. The number of halogens is 1. The molecule has 0 fully saturated rings. The second kappa shape index (κ2) is 6.94. The van der Waals surface area contributed by atoms with Crippen LogP contribution in [0, 0.1) is 11.8 Å². The summed E-state index contributed by atoms with van der Waals surface area (Å²) in [5, 5.41) is 0. The first-order valence-electron chi connectivity index (χ1n) is 5.22. The molecular formula is C11H23Br. The summed E-state index contributed by atoms with van der Waals surface area (Å²) < 4.78 is 0. The topological polar surface area (TPSA) is 0 Å². The molecule has 0 amide bonds. The Hall–Kier alpha value is 0.480. The molecule has 0 aliphatic rings. The zero-order chi connectivity index (χ0) is 9.56. The van der Waals surface area contributed by atoms with E-state index in [-0.39, 0.29) is 0 Å². The smallest absolute Gasteiger partial charge is 0.0145 e. The highest BCUT2D eigenvalue weighted by molar-refractivity contribution is 9.09. The van der Waals surface area contributed by atoms with Crippen molar-refractivity contribution in [3.05, 3.63) is 0 Å². The Bertz CT molecular complexity index is 97.2. The van der Waals surface area contributed by atoms with Gasteiger partial charge in [-0.25, -0.2) is 0 Å². The first-order valence-corrected chi connectivity index (χ1v) is 6.13. The fourth-order valence-electron chi connectivity index (χ4n) is 1.55. The van der Waals surface area contributed by atoms with E-state index in [4.69, 9.17) is 0 Å². The monoisotopic (exact) mass is 234 g/mol. The van der Waals surface area contributed by atoms with Gasteiger partial charge in [0.25, 0.3) is 0 Å². The summed E-state index contributed by atoms with van der Waals surface area (Å²) in [6, 6.07) is 0. The summed E-state index contributed by atoms with van der Waals surface area (Å²) in [4.78, 5) is 0.690. The van der Waals surface area contributed by atoms with E-state index in [0.717, 1.165) is 11.8 Å². The van der Waals surface area contributed by atoms with E-state index in [1.54, 1.807) is 0 Å². The highest BCUT2D eigenvalue weighted by Gasteiger charge is 2.11. The molecule has 0 spiro atoms. The van der Waals surface area contributed by atoms with Crippen LogP contribution in [0.2, 0.25) is 0 Å². The van der Waals surface area contributed by atoms with E-state index in [0.29, 0.717) is 4.83 Å². The SMILES string of the molecule is CCC(CCCC(C)C)C(C)Br. The third-order valence-corrected chi connectivity index (χ3v) is 3.28. The minimum absolute atomic E-state index is 0.690. The van der Waals surface area contributed by atoms with Gasteiger partial charge in [0.2, 0.25) is 0 Å². The maximum atomic E-state index is 3.67. The summed E-state index contributed by atoms with van der Waals surface area (Å²) in [7, 11) is 0. The van der Waals surface area contributed by atoms with Gasteiger partial charge < -0.3 is 0 Å². The lowest BCUT2D eigenvalue weighted by Gasteiger charge is -2.17. The predicted molar refractivity (Wildman–Crippen MR) is 60.9 cm³/mol. The van der Waals surface area contributed by atoms with Crippen molar-refractivity contribution in [2.75, 3.05) is 0 Å². The number of alkyl halides is 1. The van der Waals surface area contributed by atoms with Crippen molar-refractivity contribution in [1.82, 2.24) is 0 Å². The van der Waals surface area contributed by atoms with Crippen LogP contribution in [0.3, 0.4) is 0 Å². The van der Waals surface area contributed by atoms with Crippen LogP contribution in [0.15, 0.2) is 0 Å². The minimum atomic E-state index is 0.690. The van der Waals surface area contributed by atoms with Gasteiger partial charge in [0.15, 0.2) is 0 Å². The lowest BCUT2D eigenvalue weighted by molar-refractivity contribution is 0.423.